The van der Waals surface area contributed by atoms with E-state index < -0.39 is 30.1 Å². The lowest BCUT2D eigenvalue weighted by atomic mass is 10.1. The van der Waals surface area contributed by atoms with Crippen molar-refractivity contribution in [1.29, 1.82) is 0 Å². The van der Waals surface area contributed by atoms with Crippen molar-refractivity contribution in [2.45, 2.75) is 31.5 Å². The van der Waals surface area contributed by atoms with E-state index in [1.807, 2.05) is 72.8 Å². The molecule has 3 heterocycles. The zero-order chi connectivity index (χ0) is 30.5. The van der Waals surface area contributed by atoms with E-state index in [0.29, 0.717) is 0 Å². The van der Waals surface area contributed by atoms with Gasteiger partial charge in [0.25, 0.3) is 0 Å². The first-order chi connectivity index (χ1) is 21.4. The quantitative estimate of drug-likeness (QED) is 0.110. The lowest BCUT2D eigenvalue weighted by Crippen LogP contribution is -2.40. The molecular weight excluding hydrogens is 562 g/mol. The molecule has 0 amide bonds. The second-order valence-corrected chi connectivity index (χ2v) is 10.6. The highest BCUT2D eigenvalue weighted by molar-refractivity contribution is 5.89. The molecule has 0 saturated heterocycles. The molecule has 0 aliphatic rings. The van der Waals surface area contributed by atoms with E-state index in [2.05, 4.69) is 15.0 Å². The number of carbonyl (C=O) groups is 3. The molecule has 0 radical (unpaired) electrons. The fourth-order valence-corrected chi connectivity index (χ4v) is 5.31. The number of fused-ring (bicyclic) bond motifs is 3. The maximum absolute atomic E-state index is 13.0. The predicted molar refractivity (Wildman–Crippen MR) is 165 cm³/mol. The van der Waals surface area contributed by atoms with Gasteiger partial charge in [-0.25, -0.2) is 0 Å². The summed E-state index contributed by atoms with van der Waals surface area (Å²) < 4.78 is 16.6. The average Bonchev–Trinajstić information content (AvgIpc) is 3.76. The van der Waals surface area contributed by atoms with Crippen molar-refractivity contribution < 1.29 is 33.7 Å². The zero-order valence-electron chi connectivity index (χ0n) is 23.8. The van der Waals surface area contributed by atoms with Crippen LogP contribution >= 0.6 is 0 Å². The molecule has 6 rings (SSSR count). The summed E-state index contributed by atoms with van der Waals surface area (Å²) >= 11 is 0. The highest BCUT2D eigenvalue weighted by Crippen LogP contribution is 2.21. The number of hydrogen-bond donors (Lipinski definition) is 3. The summed E-state index contributed by atoms with van der Waals surface area (Å²) in [6.07, 6.45) is 2.89. The van der Waals surface area contributed by atoms with E-state index in [-0.39, 0.29) is 32.5 Å². The first-order valence-corrected chi connectivity index (χ1v) is 14.3. The summed E-state index contributed by atoms with van der Waals surface area (Å²) in [5, 5.41) is 11.4. The maximum atomic E-state index is 13.0. The van der Waals surface area contributed by atoms with Gasteiger partial charge in [-0.2, -0.15) is 0 Å². The smallest absolute Gasteiger partial charge is 0.311 e. The van der Waals surface area contributed by atoms with Crippen molar-refractivity contribution in [1.82, 2.24) is 15.0 Å². The molecule has 2 unspecified atom stereocenters. The average molecular weight is 595 g/mol. The van der Waals surface area contributed by atoms with Crippen LogP contribution in [0, 0.1) is 0 Å². The van der Waals surface area contributed by atoms with Gasteiger partial charge >= 0.3 is 17.9 Å². The Labute approximate surface area is 251 Å². The predicted octanol–water partition coefficient (Wildman–Crippen LogP) is 4.25. The van der Waals surface area contributed by atoms with Crippen LogP contribution in [-0.4, -0.2) is 63.4 Å². The van der Waals surface area contributed by atoms with E-state index in [1.165, 1.54) is 0 Å². The van der Waals surface area contributed by atoms with Crippen LogP contribution in [0.2, 0.25) is 0 Å². The minimum atomic E-state index is -1.19. The number of esters is 3. The van der Waals surface area contributed by atoms with Crippen molar-refractivity contribution in [3.05, 3.63) is 108 Å². The fraction of sp³-hybridized carbons (Fsp3) is 0.206. The highest BCUT2D eigenvalue weighted by Gasteiger charge is 2.31. The summed E-state index contributed by atoms with van der Waals surface area (Å²) in [4.78, 5) is 47.9. The van der Waals surface area contributed by atoms with Crippen molar-refractivity contribution in [3.8, 4) is 0 Å². The molecule has 44 heavy (non-hydrogen) atoms. The summed E-state index contributed by atoms with van der Waals surface area (Å²) in [5.74, 6) is -1.64. The Balaban J connectivity index is 1.10. The highest BCUT2D eigenvalue weighted by atomic mass is 16.6. The van der Waals surface area contributed by atoms with Crippen molar-refractivity contribution in [2.75, 3.05) is 13.2 Å². The molecule has 0 aliphatic carbocycles. The number of aromatic nitrogens is 3. The molecule has 0 aliphatic heterocycles. The third kappa shape index (κ3) is 6.50. The van der Waals surface area contributed by atoms with Gasteiger partial charge in [-0.3, -0.25) is 14.4 Å². The number of hydrogen-bond acceptors (Lipinski definition) is 6. The maximum Gasteiger partial charge on any atom is 0.311 e. The largest absolute Gasteiger partial charge is 0.461 e. The zero-order valence-corrected chi connectivity index (χ0v) is 23.8. The van der Waals surface area contributed by atoms with Crippen LogP contribution in [0.3, 0.4) is 0 Å². The molecule has 0 bridgehead atoms. The summed E-state index contributed by atoms with van der Waals surface area (Å²) in [6, 6.07) is 22.8. The van der Waals surface area contributed by atoms with Crippen LogP contribution in [-0.2, 0) is 47.9 Å². The lowest BCUT2D eigenvalue weighted by molar-refractivity contribution is -0.170. The second kappa shape index (κ2) is 12.9. The standard InChI is InChI=1S/C34H31N3O7/c38-30(19-42-32(39)13-21-16-35-27-10-4-1-7-24(21)27)31(44-34(41)15-23-18-37-29-12-6-3-9-26(23)29)20-43-33(40)14-22-17-36-28-11-5-2-8-25(22)28/h1-12,16-18,30-31,35-38H,13-15,19-20H2/p+1. The Morgan fingerprint density at radius 2 is 0.955 bits per heavy atom. The van der Waals surface area contributed by atoms with Crippen molar-refractivity contribution >= 4 is 50.6 Å². The van der Waals surface area contributed by atoms with Crippen LogP contribution in [0.4, 0.5) is 0 Å². The van der Waals surface area contributed by atoms with E-state index >= 15 is 0 Å². The third-order valence-corrected chi connectivity index (χ3v) is 7.59. The van der Waals surface area contributed by atoms with Crippen molar-refractivity contribution in [2.24, 2.45) is 0 Å². The molecule has 10 heteroatoms. The van der Waals surface area contributed by atoms with Gasteiger partial charge in [-0.05, 0) is 34.9 Å². The van der Waals surface area contributed by atoms with E-state index in [1.54, 1.807) is 18.6 Å². The number of ether oxygens (including phenoxy) is 3. The Hall–Kier alpha value is -5.35. The van der Waals surface area contributed by atoms with Crippen LogP contribution in [0.15, 0.2) is 91.4 Å². The van der Waals surface area contributed by atoms with Gasteiger partial charge in [0.15, 0.2) is 6.61 Å². The van der Waals surface area contributed by atoms with Gasteiger partial charge < -0.3 is 34.3 Å². The summed E-state index contributed by atoms with van der Waals surface area (Å²) in [5.41, 5.74) is 4.99. The number of rotatable bonds is 12. The van der Waals surface area contributed by atoms with Crippen molar-refractivity contribution in [3.63, 3.8) is 0 Å². The van der Waals surface area contributed by atoms with Gasteiger partial charge in [-0.1, -0.05) is 54.6 Å². The molecule has 0 fully saturated rings. The number of carbonyl (C=O) groups excluding carboxylic acids is 3. The molecule has 0 spiro atoms. The third-order valence-electron chi connectivity index (χ3n) is 7.59. The van der Waals surface area contributed by atoms with E-state index in [9.17, 15) is 14.4 Å². The molecule has 0 saturated carbocycles. The SMILES string of the molecule is O=C(Cc1c[nH]c2ccccc12)OCC([OH2+])C(COC(=O)Cc1c[nH]c2ccccc12)OC(=O)Cc1c[nH]c2ccccc12. The van der Waals surface area contributed by atoms with Crippen LogP contribution in [0.5, 0.6) is 0 Å². The van der Waals surface area contributed by atoms with Crippen LogP contribution in [0.1, 0.15) is 16.7 Å². The fourth-order valence-electron chi connectivity index (χ4n) is 5.31. The van der Waals surface area contributed by atoms with Gasteiger partial charge in [0, 0.05) is 51.3 Å². The minimum Gasteiger partial charge on any atom is -0.461 e. The van der Waals surface area contributed by atoms with E-state index in [4.69, 9.17) is 19.3 Å². The summed E-state index contributed by atoms with van der Waals surface area (Å²) in [6.45, 7) is -0.693. The number of benzene rings is 3. The topological polar surface area (TPSA) is 149 Å². The Bertz CT molecular complexity index is 1940. The number of para-hydroxylation sites is 3. The molecule has 2 atom stereocenters. The van der Waals surface area contributed by atoms with Gasteiger partial charge in [0.2, 0.25) is 12.2 Å². The first kappa shape index (κ1) is 28.8. The number of H-pyrrole nitrogens is 3. The molecule has 3 aromatic heterocycles. The normalized spacial score (nSPS) is 12.8. The monoisotopic (exact) mass is 594 g/mol. The minimum absolute atomic E-state index is 0.00227. The van der Waals surface area contributed by atoms with Gasteiger partial charge in [0.05, 0.1) is 19.3 Å². The van der Waals surface area contributed by atoms with Crippen LogP contribution in [0.25, 0.3) is 32.7 Å². The molecule has 6 aromatic rings. The van der Waals surface area contributed by atoms with Gasteiger partial charge in [-0.15, -0.1) is 0 Å². The van der Waals surface area contributed by atoms with Gasteiger partial charge in [0.1, 0.15) is 6.61 Å². The number of aromatic amines is 3. The molecule has 3 aromatic carbocycles. The van der Waals surface area contributed by atoms with Crippen LogP contribution < -0.4 is 0 Å². The molecular formula is C34H32N3O7+. The first-order valence-electron chi connectivity index (χ1n) is 14.3. The molecule has 10 nitrogen and oxygen atoms in total. The Morgan fingerprint density at radius 1 is 0.568 bits per heavy atom. The number of nitrogens with one attached hydrogen (secondary N) is 3. The Kier molecular flexibility index (Phi) is 8.42. The molecule has 224 valence electrons. The lowest BCUT2D eigenvalue weighted by Gasteiger charge is -2.20. The van der Waals surface area contributed by atoms with E-state index in [0.717, 1.165) is 49.4 Å². The Morgan fingerprint density at radius 3 is 1.41 bits per heavy atom. The summed E-state index contributed by atoms with van der Waals surface area (Å²) in [7, 11) is 0. The second-order valence-electron chi connectivity index (χ2n) is 10.6. The molecule has 5 N–H and O–H groups in total.